The van der Waals surface area contributed by atoms with E-state index in [0.29, 0.717) is 11.8 Å². The minimum Gasteiger partial charge on any atom is -0.453 e. The lowest BCUT2D eigenvalue weighted by Gasteiger charge is -2.30. The van der Waals surface area contributed by atoms with Crippen molar-refractivity contribution in [1.29, 1.82) is 0 Å². The van der Waals surface area contributed by atoms with Crippen molar-refractivity contribution in [3.05, 3.63) is 241 Å². The van der Waals surface area contributed by atoms with E-state index in [4.69, 9.17) is 8.83 Å². The maximum Gasteiger partial charge on any atom is 0.162 e. The molecule has 0 fully saturated rings. The molecule has 0 amide bonds. The fraction of sp³-hybridized carbons (Fsp3) is 0.121. The van der Waals surface area contributed by atoms with Crippen LogP contribution in [0.25, 0.3) is 66.8 Å². The first-order chi connectivity index (χ1) is 34.2. The number of rotatable bonds is 12. The minimum atomic E-state index is 0.362. The highest BCUT2D eigenvalue weighted by Gasteiger charge is 2.36. The lowest BCUT2D eigenvalue weighted by atomic mass is 9.92. The Labute approximate surface area is 411 Å². The van der Waals surface area contributed by atoms with Gasteiger partial charge in [-0.2, -0.15) is 0 Å². The molecule has 11 aromatic rings. The Morgan fingerprint density at radius 3 is 0.871 bits per heavy atom. The van der Waals surface area contributed by atoms with Crippen molar-refractivity contribution >= 4 is 56.1 Å². The van der Waals surface area contributed by atoms with Gasteiger partial charge in [0, 0.05) is 45.0 Å². The summed E-state index contributed by atoms with van der Waals surface area (Å²) in [5.74, 6) is 2.28. The van der Waals surface area contributed by atoms with Crippen LogP contribution in [0.15, 0.2) is 227 Å². The Hall–Kier alpha value is -8.34. The largest absolute Gasteiger partial charge is 0.453 e. The molecule has 0 atom stereocenters. The third-order valence-corrected chi connectivity index (χ3v) is 13.6. The van der Waals surface area contributed by atoms with E-state index in [2.05, 4.69) is 270 Å². The molecule has 4 heteroatoms. The zero-order chi connectivity index (χ0) is 47.9. The molecule has 0 aliphatic rings. The fourth-order valence-corrected chi connectivity index (χ4v) is 9.87. The number of nitrogens with zero attached hydrogens (tertiary/aromatic N) is 2. The number of hydrogen-bond acceptors (Lipinski definition) is 4. The number of anilines is 6. The van der Waals surface area contributed by atoms with Gasteiger partial charge in [-0.05, 0) is 96.5 Å². The third-order valence-electron chi connectivity index (χ3n) is 13.6. The molecule has 11 rings (SSSR count). The van der Waals surface area contributed by atoms with E-state index in [1.165, 1.54) is 22.3 Å². The standard InChI is InChI=1S/C66H56N2O2/c1-43(2)47-31-39-55(40-32-47)67(53-35-27-45(5)28-36-53)61-59-57(49-19-11-7-12-20-49)63(51-23-15-9-16-24-51)70-66(59)62(68(54-37-29-46(6)30-38-54)56-41-33-48(34-42-56)44(3)4)60-58(50-21-13-8-14-22-50)64(69-65(60)61)52-25-17-10-18-26-52/h7-44H,1-6H3. The van der Waals surface area contributed by atoms with Crippen LogP contribution in [0, 0.1) is 13.8 Å². The van der Waals surface area contributed by atoms with E-state index in [9.17, 15) is 0 Å². The smallest absolute Gasteiger partial charge is 0.162 e. The maximum atomic E-state index is 7.82. The van der Waals surface area contributed by atoms with Crippen LogP contribution in [0.1, 0.15) is 61.8 Å². The molecule has 0 saturated heterocycles. The van der Waals surface area contributed by atoms with Crippen molar-refractivity contribution in [1.82, 2.24) is 0 Å². The summed E-state index contributed by atoms with van der Waals surface area (Å²) in [5.41, 5.74) is 18.1. The monoisotopic (exact) mass is 908 g/mol. The van der Waals surface area contributed by atoms with Gasteiger partial charge >= 0.3 is 0 Å². The molecule has 0 aliphatic heterocycles. The summed E-state index contributed by atoms with van der Waals surface area (Å²) < 4.78 is 15.6. The number of aryl methyl sites for hydroxylation is 2. The Bertz CT molecular complexity index is 3310. The minimum absolute atomic E-state index is 0.362. The predicted octanol–water partition coefficient (Wildman–Crippen LogP) is 19.7. The van der Waals surface area contributed by atoms with E-state index in [0.717, 1.165) is 101 Å². The Morgan fingerprint density at radius 1 is 0.314 bits per heavy atom. The quantitative estimate of drug-likeness (QED) is 0.114. The van der Waals surface area contributed by atoms with Gasteiger partial charge in [-0.15, -0.1) is 0 Å². The lowest BCUT2D eigenvalue weighted by Crippen LogP contribution is -2.14. The highest BCUT2D eigenvalue weighted by Crippen LogP contribution is 2.60. The van der Waals surface area contributed by atoms with Gasteiger partial charge in [0.2, 0.25) is 0 Å². The van der Waals surface area contributed by atoms with Crippen molar-refractivity contribution in [3.63, 3.8) is 0 Å². The van der Waals surface area contributed by atoms with E-state index < -0.39 is 0 Å². The first kappa shape index (κ1) is 44.2. The van der Waals surface area contributed by atoms with Gasteiger partial charge in [-0.25, -0.2) is 0 Å². The van der Waals surface area contributed by atoms with Gasteiger partial charge < -0.3 is 18.6 Å². The second-order valence-corrected chi connectivity index (χ2v) is 19.0. The summed E-state index contributed by atoms with van der Waals surface area (Å²) in [5, 5.41) is 1.87. The van der Waals surface area contributed by atoms with Crippen LogP contribution in [0.2, 0.25) is 0 Å². The van der Waals surface area contributed by atoms with Gasteiger partial charge in [0.25, 0.3) is 0 Å². The second-order valence-electron chi connectivity index (χ2n) is 19.0. The molecule has 0 spiro atoms. The molecule has 342 valence electrons. The zero-order valence-electron chi connectivity index (χ0n) is 40.7. The molecular weight excluding hydrogens is 853 g/mol. The van der Waals surface area contributed by atoms with Gasteiger partial charge in [0.1, 0.15) is 22.9 Å². The topological polar surface area (TPSA) is 32.8 Å². The average Bonchev–Trinajstić information content (AvgIpc) is 4.00. The summed E-state index contributed by atoms with van der Waals surface area (Å²) >= 11 is 0. The van der Waals surface area contributed by atoms with Crippen molar-refractivity contribution < 1.29 is 8.83 Å². The predicted molar refractivity (Wildman–Crippen MR) is 295 cm³/mol. The van der Waals surface area contributed by atoms with Crippen LogP contribution in [0.4, 0.5) is 34.1 Å². The van der Waals surface area contributed by atoms with Crippen molar-refractivity contribution in [3.8, 4) is 44.9 Å². The molecule has 4 nitrogen and oxygen atoms in total. The van der Waals surface area contributed by atoms with E-state index in [1.807, 2.05) is 0 Å². The molecule has 0 bridgehead atoms. The van der Waals surface area contributed by atoms with Crippen molar-refractivity contribution in [2.75, 3.05) is 9.80 Å². The SMILES string of the molecule is Cc1ccc(N(c2ccc(C(C)C)cc2)c2c3oc(-c4ccccc4)c(-c4ccccc4)c3c(N(c3ccc(C)cc3)c3ccc(C(C)C)cc3)c3oc(-c4ccccc4)c(-c4ccccc4)c23)cc1. The molecule has 0 unspecified atom stereocenters. The molecule has 70 heavy (non-hydrogen) atoms. The van der Waals surface area contributed by atoms with E-state index in [1.54, 1.807) is 0 Å². The number of hydrogen-bond donors (Lipinski definition) is 0. The Morgan fingerprint density at radius 2 is 0.586 bits per heavy atom. The normalized spacial score (nSPS) is 11.5. The van der Waals surface area contributed by atoms with Gasteiger partial charge in [-0.3, -0.25) is 0 Å². The number of furan rings is 2. The van der Waals surface area contributed by atoms with Crippen LogP contribution in [0.5, 0.6) is 0 Å². The van der Waals surface area contributed by atoms with Gasteiger partial charge in [-0.1, -0.05) is 209 Å². The summed E-state index contributed by atoms with van der Waals surface area (Å²) in [7, 11) is 0. The summed E-state index contributed by atoms with van der Waals surface area (Å²) in [4.78, 5) is 4.80. The van der Waals surface area contributed by atoms with Crippen LogP contribution < -0.4 is 9.80 Å². The average molecular weight is 909 g/mol. The summed E-state index contributed by atoms with van der Waals surface area (Å²) in [6.07, 6.45) is 0. The van der Waals surface area contributed by atoms with Crippen LogP contribution >= 0.6 is 0 Å². The van der Waals surface area contributed by atoms with E-state index in [-0.39, 0.29) is 0 Å². The second kappa shape index (κ2) is 18.6. The number of benzene rings is 9. The molecule has 2 heterocycles. The Balaban J connectivity index is 1.43. The molecular formula is C66H56N2O2. The van der Waals surface area contributed by atoms with Crippen LogP contribution in [-0.2, 0) is 0 Å². The molecule has 9 aromatic carbocycles. The molecule has 2 aromatic heterocycles. The highest BCUT2D eigenvalue weighted by molar-refractivity contribution is 6.29. The number of fused-ring (bicyclic) bond motifs is 2. The van der Waals surface area contributed by atoms with E-state index >= 15 is 0 Å². The fourth-order valence-electron chi connectivity index (χ4n) is 9.87. The molecule has 0 radical (unpaired) electrons. The molecule has 0 N–H and O–H groups in total. The summed E-state index contributed by atoms with van der Waals surface area (Å²) in [6.45, 7) is 13.3. The van der Waals surface area contributed by atoms with Crippen LogP contribution in [0.3, 0.4) is 0 Å². The highest BCUT2D eigenvalue weighted by atomic mass is 16.3. The zero-order valence-corrected chi connectivity index (χ0v) is 40.7. The lowest BCUT2D eigenvalue weighted by molar-refractivity contribution is 0.629. The van der Waals surface area contributed by atoms with Crippen molar-refractivity contribution in [2.24, 2.45) is 0 Å². The summed E-state index contributed by atoms with van der Waals surface area (Å²) in [6, 6.07) is 78.3. The van der Waals surface area contributed by atoms with Gasteiger partial charge in [0.15, 0.2) is 11.2 Å². The van der Waals surface area contributed by atoms with Crippen LogP contribution in [-0.4, -0.2) is 0 Å². The van der Waals surface area contributed by atoms with Crippen molar-refractivity contribution in [2.45, 2.75) is 53.4 Å². The molecule has 0 aliphatic carbocycles. The van der Waals surface area contributed by atoms with Gasteiger partial charge in [0.05, 0.1) is 10.8 Å². The first-order valence-corrected chi connectivity index (χ1v) is 24.5. The third kappa shape index (κ3) is 8.05. The Kier molecular flexibility index (Phi) is 11.8. The maximum absolute atomic E-state index is 7.82. The first-order valence-electron chi connectivity index (χ1n) is 24.5. The molecule has 0 saturated carbocycles.